The van der Waals surface area contributed by atoms with Crippen LogP contribution in [0.2, 0.25) is 0 Å². The molecular weight excluding hydrogens is 340 g/mol. The maximum Gasteiger partial charge on any atom is 0.336 e. The average molecular weight is 356 g/mol. The van der Waals surface area contributed by atoms with Crippen LogP contribution in [0.25, 0.3) is 22.9 Å². The number of carboxylic acid groups (broad SMARTS) is 1. The Morgan fingerprint density at radius 1 is 0.885 bits per heavy atom. The lowest BCUT2D eigenvalue weighted by Gasteiger charge is -2.13. The van der Waals surface area contributed by atoms with Gasteiger partial charge in [-0.1, -0.05) is 12.1 Å². The Kier molecular flexibility index (Phi) is 4.74. The maximum absolute atomic E-state index is 11.4. The smallest absolute Gasteiger partial charge is 0.336 e. The summed E-state index contributed by atoms with van der Waals surface area (Å²) in [5.74, 6) is 0.424. The van der Waals surface area contributed by atoms with Crippen LogP contribution in [-0.2, 0) is 0 Å². The third kappa shape index (κ3) is 2.92. The van der Waals surface area contributed by atoms with Crippen LogP contribution in [-0.4, -0.2) is 42.6 Å². The number of carbonyl (C=O) groups is 1. The standard InChI is InChI=1S/C18H16N2O6/c1-23-13-9-8-12(14(24-2)15(13)25-3)17-20-19-16(26-17)10-6-4-5-7-11(10)18(21)22/h4-9H,1-3H3,(H,21,22). The highest BCUT2D eigenvalue weighted by molar-refractivity contribution is 5.94. The fraction of sp³-hybridized carbons (Fsp3) is 0.167. The molecule has 1 aromatic heterocycles. The second kappa shape index (κ2) is 7.14. The van der Waals surface area contributed by atoms with Crippen molar-refractivity contribution in [3.63, 3.8) is 0 Å². The number of nitrogens with zero attached hydrogens (tertiary/aromatic N) is 2. The van der Waals surface area contributed by atoms with E-state index in [-0.39, 0.29) is 17.3 Å². The van der Waals surface area contributed by atoms with Crippen molar-refractivity contribution in [2.45, 2.75) is 0 Å². The third-order valence-electron chi connectivity index (χ3n) is 3.75. The monoisotopic (exact) mass is 356 g/mol. The van der Waals surface area contributed by atoms with E-state index < -0.39 is 5.97 Å². The first-order valence-corrected chi connectivity index (χ1v) is 7.56. The molecule has 0 saturated heterocycles. The molecule has 0 spiro atoms. The van der Waals surface area contributed by atoms with Gasteiger partial charge in [-0.25, -0.2) is 4.79 Å². The van der Waals surface area contributed by atoms with Crippen molar-refractivity contribution in [1.29, 1.82) is 0 Å². The highest BCUT2D eigenvalue weighted by Crippen LogP contribution is 2.44. The molecule has 0 atom stereocenters. The summed E-state index contributed by atoms with van der Waals surface area (Å²) in [4.78, 5) is 11.4. The molecule has 26 heavy (non-hydrogen) atoms. The molecular formula is C18H16N2O6. The molecule has 0 fully saturated rings. The topological polar surface area (TPSA) is 104 Å². The minimum Gasteiger partial charge on any atom is -0.493 e. The average Bonchev–Trinajstić information content (AvgIpc) is 3.16. The Labute approximate surface area is 149 Å². The van der Waals surface area contributed by atoms with Gasteiger partial charge in [-0.05, 0) is 24.3 Å². The number of aromatic nitrogens is 2. The summed E-state index contributed by atoms with van der Waals surface area (Å²) < 4.78 is 21.7. The molecule has 0 aliphatic rings. The van der Waals surface area contributed by atoms with Crippen molar-refractivity contribution in [1.82, 2.24) is 10.2 Å². The van der Waals surface area contributed by atoms with Crippen molar-refractivity contribution in [2.75, 3.05) is 21.3 Å². The molecule has 1 heterocycles. The molecule has 1 N–H and O–H groups in total. The van der Waals surface area contributed by atoms with Crippen LogP contribution in [0.15, 0.2) is 40.8 Å². The van der Waals surface area contributed by atoms with Crippen LogP contribution >= 0.6 is 0 Å². The van der Waals surface area contributed by atoms with Gasteiger partial charge in [0.25, 0.3) is 5.89 Å². The first kappa shape index (κ1) is 17.3. The van der Waals surface area contributed by atoms with Crippen LogP contribution < -0.4 is 14.2 Å². The van der Waals surface area contributed by atoms with E-state index >= 15 is 0 Å². The number of rotatable bonds is 6. The Hall–Kier alpha value is -3.55. The van der Waals surface area contributed by atoms with E-state index in [4.69, 9.17) is 18.6 Å². The van der Waals surface area contributed by atoms with Gasteiger partial charge in [-0.15, -0.1) is 10.2 Å². The van der Waals surface area contributed by atoms with Crippen molar-refractivity contribution >= 4 is 5.97 Å². The predicted molar refractivity (Wildman–Crippen MR) is 91.8 cm³/mol. The van der Waals surface area contributed by atoms with Crippen LogP contribution in [0.5, 0.6) is 17.2 Å². The van der Waals surface area contributed by atoms with Crippen LogP contribution in [0.4, 0.5) is 0 Å². The molecule has 3 rings (SSSR count). The molecule has 0 bridgehead atoms. The number of benzene rings is 2. The summed E-state index contributed by atoms with van der Waals surface area (Å²) in [6, 6.07) is 9.78. The van der Waals surface area contributed by atoms with Gasteiger partial charge in [0, 0.05) is 0 Å². The molecule has 8 heteroatoms. The molecule has 0 unspecified atom stereocenters. The number of hydrogen-bond donors (Lipinski definition) is 1. The van der Waals surface area contributed by atoms with Crippen molar-refractivity contribution in [3.8, 4) is 40.2 Å². The van der Waals surface area contributed by atoms with E-state index in [1.165, 1.54) is 27.4 Å². The first-order valence-electron chi connectivity index (χ1n) is 7.56. The molecule has 134 valence electrons. The second-order valence-corrected chi connectivity index (χ2v) is 5.14. The molecule has 3 aromatic rings. The summed E-state index contributed by atoms with van der Waals surface area (Å²) in [5, 5.41) is 17.3. The molecule has 0 amide bonds. The lowest BCUT2D eigenvalue weighted by Crippen LogP contribution is -1.99. The third-order valence-corrected chi connectivity index (χ3v) is 3.75. The summed E-state index contributed by atoms with van der Waals surface area (Å²) in [5.41, 5.74) is 0.900. The van der Waals surface area contributed by atoms with Gasteiger partial charge in [0.15, 0.2) is 11.5 Å². The number of hydrogen-bond acceptors (Lipinski definition) is 7. The maximum atomic E-state index is 11.4. The van der Waals surface area contributed by atoms with E-state index in [0.717, 1.165) is 0 Å². The van der Waals surface area contributed by atoms with Gasteiger partial charge in [-0.3, -0.25) is 0 Å². The molecule has 0 saturated carbocycles. The molecule has 2 aromatic carbocycles. The minimum absolute atomic E-state index is 0.0713. The molecule has 0 aliphatic carbocycles. The van der Waals surface area contributed by atoms with Crippen LogP contribution in [0.3, 0.4) is 0 Å². The predicted octanol–water partition coefficient (Wildman–Crippen LogP) is 3.13. The summed E-state index contributed by atoms with van der Waals surface area (Å²) in [6.45, 7) is 0. The Bertz CT molecular complexity index is 951. The van der Waals surface area contributed by atoms with Crippen LogP contribution in [0.1, 0.15) is 10.4 Å². The number of ether oxygens (including phenoxy) is 3. The lowest BCUT2D eigenvalue weighted by atomic mass is 10.1. The van der Waals surface area contributed by atoms with E-state index in [1.807, 2.05) is 0 Å². The first-order chi connectivity index (χ1) is 12.6. The zero-order valence-corrected chi connectivity index (χ0v) is 14.3. The van der Waals surface area contributed by atoms with Crippen LogP contribution in [0, 0.1) is 0 Å². The fourth-order valence-corrected chi connectivity index (χ4v) is 2.57. The molecule has 0 aliphatic heterocycles. The van der Waals surface area contributed by atoms with E-state index in [1.54, 1.807) is 30.3 Å². The van der Waals surface area contributed by atoms with Gasteiger partial charge in [-0.2, -0.15) is 0 Å². The van der Waals surface area contributed by atoms with Crippen molar-refractivity contribution in [3.05, 3.63) is 42.0 Å². The van der Waals surface area contributed by atoms with Crippen molar-refractivity contribution in [2.24, 2.45) is 0 Å². The highest BCUT2D eigenvalue weighted by atomic mass is 16.5. The van der Waals surface area contributed by atoms with E-state index in [2.05, 4.69) is 10.2 Å². The normalized spacial score (nSPS) is 10.4. The lowest BCUT2D eigenvalue weighted by molar-refractivity contribution is 0.0697. The summed E-state index contributed by atoms with van der Waals surface area (Å²) >= 11 is 0. The molecule has 8 nitrogen and oxygen atoms in total. The van der Waals surface area contributed by atoms with Gasteiger partial charge in [0.05, 0.1) is 38.0 Å². The number of methoxy groups -OCH3 is 3. The SMILES string of the molecule is COc1ccc(-c2nnc(-c3ccccc3C(=O)O)o2)c(OC)c1OC. The largest absolute Gasteiger partial charge is 0.493 e. The quantitative estimate of drug-likeness (QED) is 0.718. The summed E-state index contributed by atoms with van der Waals surface area (Å²) in [6.07, 6.45) is 0. The Morgan fingerprint density at radius 3 is 2.15 bits per heavy atom. The van der Waals surface area contributed by atoms with Crippen molar-refractivity contribution < 1.29 is 28.5 Å². The highest BCUT2D eigenvalue weighted by Gasteiger charge is 2.22. The van der Waals surface area contributed by atoms with E-state index in [0.29, 0.717) is 28.4 Å². The summed E-state index contributed by atoms with van der Waals surface area (Å²) in [7, 11) is 4.49. The number of aromatic carboxylic acids is 1. The second-order valence-electron chi connectivity index (χ2n) is 5.14. The van der Waals surface area contributed by atoms with Gasteiger partial charge in [0.2, 0.25) is 11.6 Å². The van der Waals surface area contributed by atoms with Gasteiger partial charge >= 0.3 is 5.97 Å². The Morgan fingerprint density at radius 2 is 1.54 bits per heavy atom. The minimum atomic E-state index is -1.08. The zero-order chi connectivity index (χ0) is 18.7. The van der Waals surface area contributed by atoms with Gasteiger partial charge < -0.3 is 23.7 Å². The zero-order valence-electron chi connectivity index (χ0n) is 14.3. The number of carboxylic acids is 1. The fourth-order valence-electron chi connectivity index (χ4n) is 2.57. The van der Waals surface area contributed by atoms with Gasteiger partial charge in [0.1, 0.15) is 0 Å². The molecule has 0 radical (unpaired) electrons. The Balaban J connectivity index is 2.11. The van der Waals surface area contributed by atoms with E-state index in [9.17, 15) is 9.90 Å².